The third kappa shape index (κ3) is 3.35. The van der Waals surface area contributed by atoms with Crippen molar-refractivity contribution in [2.24, 2.45) is 5.41 Å². The van der Waals surface area contributed by atoms with Gasteiger partial charge in [0.1, 0.15) is 0 Å². The van der Waals surface area contributed by atoms with Gasteiger partial charge >= 0.3 is 0 Å². The van der Waals surface area contributed by atoms with Gasteiger partial charge in [-0.2, -0.15) is 0 Å². The van der Waals surface area contributed by atoms with Crippen LogP contribution in [0.25, 0.3) is 0 Å². The third-order valence-corrected chi connectivity index (χ3v) is 3.94. The lowest BCUT2D eigenvalue weighted by molar-refractivity contribution is 0.0859. The van der Waals surface area contributed by atoms with Crippen molar-refractivity contribution >= 4 is 28.0 Å². The van der Waals surface area contributed by atoms with Gasteiger partial charge in [-0.1, -0.05) is 27.7 Å². The molecule has 0 atom stereocenters. The highest BCUT2D eigenvalue weighted by Crippen LogP contribution is 2.35. The minimum absolute atomic E-state index is 0.0201. The Morgan fingerprint density at radius 2 is 1.89 bits per heavy atom. The first-order valence-corrected chi connectivity index (χ1v) is 7.23. The van der Waals surface area contributed by atoms with Gasteiger partial charge in [0.15, 0.2) is 5.78 Å². The minimum atomic E-state index is -0.503. The van der Waals surface area contributed by atoms with Crippen LogP contribution in [0.5, 0.6) is 0 Å². The molecule has 0 aliphatic carbocycles. The average Bonchev–Trinajstić information content (AvgIpc) is 2.59. The smallest absolute Gasteiger partial charge is 0.261 e. The van der Waals surface area contributed by atoms with Crippen molar-refractivity contribution < 1.29 is 9.59 Å². The SMILES string of the molecule is CCCNC(=O)c1sc(N)c(C(=O)C(C)(C)C)c1C. The standard InChI is InChI=1S/C14H22N2O2S/c1-6-7-16-13(18)10-8(2)9(12(15)19-10)11(17)14(3,4)5/h6-7,15H2,1-5H3,(H,16,18). The van der Waals surface area contributed by atoms with E-state index >= 15 is 0 Å². The second-order valence-corrected chi connectivity index (χ2v) is 6.68. The van der Waals surface area contributed by atoms with Gasteiger partial charge in [0, 0.05) is 12.0 Å². The number of hydrogen-bond acceptors (Lipinski definition) is 4. The Morgan fingerprint density at radius 3 is 2.37 bits per heavy atom. The molecular formula is C14H22N2O2S. The maximum absolute atomic E-state index is 12.4. The highest BCUT2D eigenvalue weighted by molar-refractivity contribution is 7.18. The molecule has 0 radical (unpaired) electrons. The van der Waals surface area contributed by atoms with E-state index < -0.39 is 5.41 Å². The molecular weight excluding hydrogens is 260 g/mol. The number of thiophene rings is 1. The molecule has 1 aromatic rings. The second-order valence-electron chi connectivity index (χ2n) is 5.63. The largest absolute Gasteiger partial charge is 0.390 e. The van der Waals surface area contributed by atoms with Gasteiger partial charge in [-0.15, -0.1) is 11.3 Å². The first-order chi connectivity index (χ1) is 8.70. The Bertz CT molecular complexity index is 498. The third-order valence-electron chi connectivity index (χ3n) is 2.82. The predicted molar refractivity (Wildman–Crippen MR) is 79.9 cm³/mol. The first kappa shape index (κ1) is 15.7. The molecule has 19 heavy (non-hydrogen) atoms. The zero-order valence-corrected chi connectivity index (χ0v) is 13.0. The number of Topliss-reactive ketones (excluding diaryl/α,β-unsaturated/α-hetero) is 1. The number of hydrogen-bond donors (Lipinski definition) is 2. The maximum Gasteiger partial charge on any atom is 0.261 e. The number of carbonyl (C=O) groups excluding carboxylic acids is 2. The van der Waals surface area contributed by atoms with E-state index in [9.17, 15) is 9.59 Å². The molecule has 4 nitrogen and oxygen atoms in total. The van der Waals surface area contributed by atoms with Gasteiger partial charge in [0.25, 0.3) is 5.91 Å². The minimum Gasteiger partial charge on any atom is -0.390 e. The van der Waals surface area contributed by atoms with E-state index in [-0.39, 0.29) is 11.7 Å². The van der Waals surface area contributed by atoms with Gasteiger partial charge in [0.05, 0.1) is 15.4 Å². The summed E-state index contributed by atoms with van der Waals surface area (Å²) in [5, 5.41) is 3.24. The molecule has 0 spiro atoms. The van der Waals surface area contributed by atoms with E-state index in [1.54, 1.807) is 6.92 Å². The van der Waals surface area contributed by atoms with Crippen molar-refractivity contribution in [2.45, 2.75) is 41.0 Å². The Kier molecular flexibility index (Phi) is 4.74. The highest BCUT2D eigenvalue weighted by Gasteiger charge is 2.30. The molecule has 5 heteroatoms. The van der Waals surface area contributed by atoms with Crippen molar-refractivity contribution in [1.29, 1.82) is 0 Å². The van der Waals surface area contributed by atoms with Crippen LogP contribution in [-0.2, 0) is 0 Å². The molecule has 1 rings (SSSR count). The zero-order chi connectivity index (χ0) is 14.8. The van der Waals surface area contributed by atoms with Gasteiger partial charge in [0.2, 0.25) is 0 Å². The Morgan fingerprint density at radius 1 is 1.32 bits per heavy atom. The van der Waals surface area contributed by atoms with Crippen molar-refractivity contribution in [2.75, 3.05) is 12.3 Å². The van der Waals surface area contributed by atoms with Crippen molar-refractivity contribution in [3.8, 4) is 0 Å². The quantitative estimate of drug-likeness (QED) is 0.834. The number of amides is 1. The molecule has 0 saturated heterocycles. The Labute approximate surface area is 118 Å². The summed E-state index contributed by atoms with van der Waals surface area (Å²) in [7, 11) is 0. The summed E-state index contributed by atoms with van der Waals surface area (Å²) in [6.07, 6.45) is 0.874. The molecule has 0 bridgehead atoms. The number of carbonyl (C=O) groups is 2. The summed E-state index contributed by atoms with van der Waals surface area (Å²) in [6.45, 7) is 9.95. The van der Waals surface area contributed by atoms with Crippen molar-refractivity contribution in [3.63, 3.8) is 0 Å². The molecule has 0 aromatic carbocycles. The maximum atomic E-state index is 12.4. The van der Waals surface area contributed by atoms with Crippen LogP contribution in [0.1, 0.15) is 59.7 Å². The van der Waals surface area contributed by atoms with Crippen LogP contribution < -0.4 is 11.1 Å². The predicted octanol–water partition coefficient (Wildman–Crippen LogP) is 3.01. The molecule has 3 N–H and O–H groups in total. The lowest BCUT2D eigenvalue weighted by Gasteiger charge is -2.17. The number of rotatable bonds is 4. The number of nitrogens with one attached hydrogen (secondary N) is 1. The molecule has 0 fully saturated rings. The van der Waals surface area contributed by atoms with Crippen LogP contribution in [0.2, 0.25) is 0 Å². The fourth-order valence-electron chi connectivity index (χ4n) is 1.73. The summed E-state index contributed by atoms with van der Waals surface area (Å²) >= 11 is 1.19. The van der Waals surface area contributed by atoms with Crippen LogP contribution in [0.3, 0.4) is 0 Å². The topological polar surface area (TPSA) is 72.2 Å². The van der Waals surface area contributed by atoms with E-state index in [1.165, 1.54) is 11.3 Å². The van der Waals surface area contributed by atoms with Gasteiger partial charge < -0.3 is 11.1 Å². The molecule has 1 amide bonds. The van der Waals surface area contributed by atoms with Crippen LogP contribution in [0, 0.1) is 12.3 Å². The number of ketones is 1. The van der Waals surface area contributed by atoms with Crippen LogP contribution in [0.15, 0.2) is 0 Å². The monoisotopic (exact) mass is 282 g/mol. The number of anilines is 1. The summed E-state index contributed by atoms with van der Waals surface area (Å²) in [4.78, 5) is 24.9. The van der Waals surface area contributed by atoms with Crippen LogP contribution in [-0.4, -0.2) is 18.2 Å². The zero-order valence-electron chi connectivity index (χ0n) is 12.2. The van der Waals surface area contributed by atoms with E-state index in [1.807, 2.05) is 27.7 Å². The normalized spacial score (nSPS) is 11.4. The molecule has 0 aliphatic heterocycles. The van der Waals surface area contributed by atoms with Crippen LogP contribution >= 0.6 is 11.3 Å². The van der Waals surface area contributed by atoms with E-state index in [4.69, 9.17) is 5.73 Å². The van der Waals surface area contributed by atoms with E-state index in [0.717, 1.165) is 6.42 Å². The highest BCUT2D eigenvalue weighted by atomic mass is 32.1. The van der Waals surface area contributed by atoms with E-state index in [0.29, 0.717) is 27.5 Å². The number of nitrogen functional groups attached to an aromatic ring is 1. The average molecular weight is 282 g/mol. The molecule has 1 heterocycles. The fourth-order valence-corrected chi connectivity index (χ4v) is 2.72. The molecule has 1 aromatic heterocycles. The summed E-state index contributed by atoms with van der Waals surface area (Å²) in [6, 6.07) is 0. The van der Waals surface area contributed by atoms with Crippen molar-refractivity contribution in [1.82, 2.24) is 5.32 Å². The Hall–Kier alpha value is -1.36. The second kappa shape index (κ2) is 5.74. The molecule has 106 valence electrons. The lowest BCUT2D eigenvalue weighted by Crippen LogP contribution is -2.24. The summed E-state index contributed by atoms with van der Waals surface area (Å²) in [5.41, 5.74) is 6.61. The van der Waals surface area contributed by atoms with Crippen molar-refractivity contribution in [3.05, 3.63) is 16.0 Å². The van der Waals surface area contributed by atoms with Gasteiger partial charge in [-0.25, -0.2) is 0 Å². The first-order valence-electron chi connectivity index (χ1n) is 6.42. The Balaban J connectivity index is 3.15. The van der Waals surface area contributed by atoms with Gasteiger partial charge in [-0.05, 0) is 18.9 Å². The van der Waals surface area contributed by atoms with Gasteiger partial charge in [-0.3, -0.25) is 9.59 Å². The fraction of sp³-hybridized carbons (Fsp3) is 0.571. The summed E-state index contributed by atoms with van der Waals surface area (Å²) < 4.78 is 0. The molecule has 0 aliphatic rings. The lowest BCUT2D eigenvalue weighted by atomic mass is 9.85. The van der Waals surface area contributed by atoms with E-state index in [2.05, 4.69) is 5.32 Å². The summed E-state index contributed by atoms with van der Waals surface area (Å²) in [5.74, 6) is -0.169. The molecule has 0 saturated carbocycles. The number of nitrogens with two attached hydrogens (primary N) is 1. The van der Waals surface area contributed by atoms with Crippen LogP contribution in [0.4, 0.5) is 5.00 Å². The molecule has 0 unspecified atom stereocenters.